The molecule has 0 amide bonds. The van der Waals surface area contributed by atoms with Crippen LogP contribution in [0.1, 0.15) is 11.4 Å². The number of aryl methyl sites for hydroxylation is 2. The molecule has 0 saturated heterocycles. The molecule has 0 saturated carbocycles. The number of H-pyrrole nitrogens is 1. The van der Waals surface area contributed by atoms with Crippen LogP contribution in [0.2, 0.25) is 0 Å². The monoisotopic (exact) mass is 267 g/mol. The third-order valence-electron chi connectivity index (χ3n) is 2.35. The Bertz CT molecular complexity index is 641. The van der Waals surface area contributed by atoms with E-state index < -0.39 is 10.0 Å². The van der Waals surface area contributed by atoms with E-state index in [1.54, 1.807) is 19.9 Å². The van der Waals surface area contributed by atoms with Crippen LogP contribution in [0.15, 0.2) is 23.2 Å². The Labute approximate surface area is 104 Å². The Kier molecular flexibility index (Phi) is 2.95. The van der Waals surface area contributed by atoms with E-state index in [0.717, 1.165) is 0 Å². The van der Waals surface area contributed by atoms with Gasteiger partial charge in [-0.3, -0.25) is 9.82 Å². The molecule has 96 valence electrons. The van der Waals surface area contributed by atoms with Crippen LogP contribution in [0.4, 0.5) is 11.5 Å². The fraction of sp³-hybridized carbons (Fsp3) is 0.200. The van der Waals surface area contributed by atoms with Gasteiger partial charge < -0.3 is 5.73 Å². The summed E-state index contributed by atoms with van der Waals surface area (Å²) in [6.45, 7) is 3.26. The number of rotatable bonds is 3. The van der Waals surface area contributed by atoms with E-state index >= 15 is 0 Å². The van der Waals surface area contributed by atoms with Crippen LogP contribution >= 0.6 is 0 Å². The Morgan fingerprint density at radius 1 is 1.33 bits per heavy atom. The number of sulfonamides is 1. The van der Waals surface area contributed by atoms with Gasteiger partial charge in [-0.05, 0) is 26.0 Å². The summed E-state index contributed by atoms with van der Waals surface area (Å²) >= 11 is 0. The summed E-state index contributed by atoms with van der Waals surface area (Å²) in [6, 6.07) is 3.07. The summed E-state index contributed by atoms with van der Waals surface area (Å²) in [7, 11) is -3.69. The van der Waals surface area contributed by atoms with Gasteiger partial charge in [0.25, 0.3) is 10.0 Å². The SMILES string of the molecule is Cc1n[nH]c(C)c1S(=O)(=O)Nc1ccc(N)cn1. The molecule has 0 radical (unpaired) electrons. The van der Waals surface area contributed by atoms with E-state index in [1.807, 2.05) is 0 Å². The number of hydrogen-bond donors (Lipinski definition) is 3. The molecular formula is C10H13N5O2S. The Morgan fingerprint density at radius 3 is 2.56 bits per heavy atom. The minimum atomic E-state index is -3.69. The average molecular weight is 267 g/mol. The summed E-state index contributed by atoms with van der Waals surface area (Å²) in [5.74, 6) is 0.212. The molecule has 0 spiro atoms. The highest BCUT2D eigenvalue weighted by Gasteiger charge is 2.22. The second kappa shape index (κ2) is 4.30. The van der Waals surface area contributed by atoms with Gasteiger partial charge in [0.2, 0.25) is 0 Å². The fourth-order valence-corrected chi connectivity index (χ4v) is 2.97. The minimum absolute atomic E-state index is 0.140. The molecule has 2 aromatic rings. The third kappa shape index (κ3) is 2.28. The van der Waals surface area contributed by atoms with Crippen molar-refractivity contribution in [2.45, 2.75) is 18.7 Å². The largest absolute Gasteiger partial charge is 0.397 e. The molecule has 8 heteroatoms. The summed E-state index contributed by atoms with van der Waals surface area (Å²) < 4.78 is 26.7. The number of nitrogens with zero attached hydrogens (tertiary/aromatic N) is 2. The standard InChI is InChI=1S/C10H13N5O2S/c1-6-10(7(2)14-13-6)18(16,17)15-9-4-3-8(11)5-12-9/h3-5H,11H2,1-2H3,(H,12,15)(H,13,14). The number of nitrogens with two attached hydrogens (primary N) is 1. The molecule has 0 aromatic carbocycles. The van der Waals surface area contributed by atoms with Crippen molar-refractivity contribution in [3.8, 4) is 0 Å². The first-order valence-corrected chi connectivity index (χ1v) is 6.64. The van der Waals surface area contributed by atoms with Gasteiger partial charge in [0.1, 0.15) is 10.7 Å². The lowest BCUT2D eigenvalue weighted by Crippen LogP contribution is -2.15. The van der Waals surface area contributed by atoms with Gasteiger partial charge in [-0.15, -0.1) is 0 Å². The molecule has 7 nitrogen and oxygen atoms in total. The molecule has 0 aliphatic carbocycles. The van der Waals surface area contributed by atoms with Crippen molar-refractivity contribution >= 4 is 21.5 Å². The number of anilines is 2. The van der Waals surface area contributed by atoms with Crippen molar-refractivity contribution in [2.24, 2.45) is 0 Å². The molecule has 0 aliphatic rings. The lowest BCUT2D eigenvalue weighted by molar-refractivity contribution is 0.600. The molecule has 2 heterocycles. The maximum atomic E-state index is 12.1. The molecule has 2 aromatic heterocycles. The zero-order valence-corrected chi connectivity index (χ0v) is 10.7. The first-order chi connectivity index (χ1) is 8.40. The predicted molar refractivity (Wildman–Crippen MR) is 67.5 cm³/mol. The molecule has 4 N–H and O–H groups in total. The van der Waals surface area contributed by atoms with Crippen LogP contribution in [0, 0.1) is 13.8 Å². The quantitative estimate of drug-likeness (QED) is 0.761. The van der Waals surface area contributed by atoms with Crippen LogP contribution in [-0.4, -0.2) is 23.6 Å². The fourth-order valence-electron chi connectivity index (χ4n) is 1.59. The van der Waals surface area contributed by atoms with E-state index in [9.17, 15) is 8.42 Å². The number of pyridine rings is 1. The maximum Gasteiger partial charge on any atom is 0.266 e. The van der Waals surface area contributed by atoms with Crippen molar-refractivity contribution < 1.29 is 8.42 Å². The molecule has 0 fully saturated rings. The number of aromatic amines is 1. The Balaban J connectivity index is 2.36. The average Bonchev–Trinajstić information content (AvgIpc) is 2.62. The Morgan fingerprint density at radius 2 is 2.06 bits per heavy atom. The number of nitrogen functional groups attached to an aromatic ring is 1. The number of hydrogen-bond acceptors (Lipinski definition) is 5. The Hall–Kier alpha value is -2.09. The molecule has 0 bridgehead atoms. The van der Waals surface area contributed by atoms with Crippen LogP contribution in [0.5, 0.6) is 0 Å². The van der Waals surface area contributed by atoms with Gasteiger partial charge in [-0.1, -0.05) is 0 Å². The zero-order chi connectivity index (χ0) is 13.3. The highest BCUT2D eigenvalue weighted by Crippen LogP contribution is 2.19. The summed E-state index contributed by atoms with van der Waals surface area (Å²) in [5, 5.41) is 6.48. The van der Waals surface area contributed by atoms with Crippen LogP contribution in [0.25, 0.3) is 0 Å². The lowest BCUT2D eigenvalue weighted by atomic mass is 10.4. The lowest BCUT2D eigenvalue weighted by Gasteiger charge is -2.07. The van der Waals surface area contributed by atoms with Gasteiger partial charge >= 0.3 is 0 Å². The summed E-state index contributed by atoms with van der Waals surface area (Å²) in [6.07, 6.45) is 1.38. The highest BCUT2D eigenvalue weighted by atomic mass is 32.2. The van der Waals surface area contributed by atoms with E-state index in [4.69, 9.17) is 5.73 Å². The molecule has 18 heavy (non-hydrogen) atoms. The van der Waals surface area contributed by atoms with Crippen molar-refractivity contribution in [2.75, 3.05) is 10.5 Å². The topological polar surface area (TPSA) is 114 Å². The van der Waals surface area contributed by atoms with Gasteiger partial charge in [-0.2, -0.15) is 5.10 Å². The second-order valence-electron chi connectivity index (χ2n) is 3.85. The van der Waals surface area contributed by atoms with Gasteiger partial charge in [0.15, 0.2) is 0 Å². The van der Waals surface area contributed by atoms with Crippen molar-refractivity contribution in [1.29, 1.82) is 0 Å². The number of aromatic nitrogens is 3. The smallest absolute Gasteiger partial charge is 0.266 e. The molecule has 0 unspecified atom stereocenters. The first-order valence-electron chi connectivity index (χ1n) is 5.16. The molecule has 0 atom stereocenters. The maximum absolute atomic E-state index is 12.1. The third-order valence-corrected chi connectivity index (χ3v) is 3.97. The first kappa shape index (κ1) is 12.4. The van der Waals surface area contributed by atoms with E-state index in [1.165, 1.54) is 12.3 Å². The zero-order valence-electron chi connectivity index (χ0n) is 9.93. The van der Waals surface area contributed by atoms with Gasteiger partial charge in [0, 0.05) is 0 Å². The van der Waals surface area contributed by atoms with Crippen LogP contribution in [0.3, 0.4) is 0 Å². The van der Waals surface area contributed by atoms with Gasteiger partial charge in [0.05, 0.1) is 23.3 Å². The molecular weight excluding hydrogens is 254 g/mol. The van der Waals surface area contributed by atoms with Crippen LogP contribution in [-0.2, 0) is 10.0 Å². The van der Waals surface area contributed by atoms with E-state index in [-0.39, 0.29) is 10.7 Å². The highest BCUT2D eigenvalue weighted by molar-refractivity contribution is 7.92. The summed E-state index contributed by atoms with van der Waals surface area (Å²) in [5.41, 5.74) is 6.84. The molecule has 2 rings (SSSR count). The van der Waals surface area contributed by atoms with Crippen LogP contribution < -0.4 is 10.5 Å². The van der Waals surface area contributed by atoms with Crippen molar-refractivity contribution in [3.05, 3.63) is 29.7 Å². The second-order valence-corrected chi connectivity index (χ2v) is 5.46. The van der Waals surface area contributed by atoms with Crippen molar-refractivity contribution in [1.82, 2.24) is 15.2 Å². The van der Waals surface area contributed by atoms with E-state index in [2.05, 4.69) is 19.9 Å². The number of nitrogens with one attached hydrogen (secondary N) is 2. The minimum Gasteiger partial charge on any atom is -0.397 e. The normalized spacial score (nSPS) is 11.4. The van der Waals surface area contributed by atoms with E-state index in [0.29, 0.717) is 17.1 Å². The van der Waals surface area contributed by atoms with Gasteiger partial charge in [-0.25, -0.2) is 13.4 Å². The summed E-state index contributed by atoms with van der Waals surface area (Å²) in [4.78, 5) is 4.03. The van der Waals surface area contributed by atoms with Crippen molar-refractivity contribution in [3.63, 3.8) is 0 Å². The molecule has 0 aliphatic heterocycles. The predicted octanol–water partition coefficient (Wildman–Crippen LogP) is 0.805.